The first-order valence-electron chi connectivity index (χ1n) is 8.07. The third-order valence-corrected chi connectivity index (χ3v) is 4.52. The number of nitrogens with one attached hydrogen (secondary N) is 1. The highest BCUT2D eigenvalue weighted by Crippen LogP contribution is 2.23. The van der Waals surface area contributed by atoms with Gasteiger partial charge in [0.25, 0.3) is 5.91 Å². The first kappa shape index (κ1) is 16.5. The van der Waals surface area contributed by atoms with E-state index in [1.165, 1.54) is 6.20 Å². The Morgan fingerprint density at radius 2 is 1.96 bits per heavy atom. The highest BCUT2D eigenvalue weighted by molar-refractivity contribution is 9.10. The van der Waals surface area contributed by atoms with Crippen LogP contribution in [-0.2, 0) is 0 Å². The van der Waals surface area contributed by atoms with E-state index in [0.717, 1.165) is 32.6 Å². The van der Waals surface area contributed by atoms with E-state index in [1.54, 1.807) is 12.3 Å². The lowest BCUT2D eigenvalue weighted by Crippen LogP contribution is -2.12. The average Bonchev–Trinajstić information content (AvgIpc) is 3.08. The van der Waals surface area contributed by atoms with Crippen molar-refractivity contribution in [3.63, 3.8) is 0 Å². The van der Waals surface area contributed by atoms with Gasteiger partial charge < -0.3 is 9.72 Å². The van der Waals surface area contributed by atoms with Crippen molar-refractivity contribution in [2.75, 3.05) is 5.32 Å². The van der Waals surface area contributed by atoms with E-state index in [2.05, 4.69) is 26.2 Å². The number of halogens is 1. The minimum Gasteiger partial charge on any atom is -0.322 e. The van der Waals surface area contributed by atoms with Crippen LogP contribution in [0.5, 0.6) is 0 Å². The van der Waals surface area contributed by atoms with Crippen LogP contribution in [-0.4, -0.2) is 20.3 Å². The number of amides is 1. The number of aryl methyl sites for hydroxylation is 1. The Balaban J connectivity index is 1.56. The molecule has 0 aliphatic rings. The average molecular weight is 407 g/mol. The van der Waals surface area contributed by atoms with Crippen LogP contribution in [0.25, 0.3) is 16.9 Å². The number of carbonyl (C=O) groups excluding carboxylic acids is 1. The molecule has 1 amide bonds. The molecule has 1 aromatic carbocycles. The Morgan fingerprint density at radius 3 is 2.69 bits per heavy atom. The molecule has 6 heteroatoms. The number of hydrogen-bond acceptors (Lipinski definition) is 3. The summed E-state index contributed by atoms with van der Waals surface area (Å²) < 4.78 is 2.78. The summed E-state index contributed by atoms with van der Waals surface area (Å²) in [5.74, 6) is -0.199. The first-order valence-corrected chi connectivity index (χ1v) is 8.86. The van der Waals surface area contributed by atoms with Gasteiger partial charge >= 0.3 is 0 Å². The van der Waals surface area contributed by atoms with Gasteiger partial charge in [-0.3, -0.25) is 9.78 Å². The van der Waals surface area contributed by atoms with E-state index in [0.29, 0.717) is 5.56 Å². The van der Waals surface area contributed by atoms with E-state index in [1.807, 2.05) is 60.1 Å². The Hall–Kier alpha value is -2.99. The number of hydrogen-bond donors (Lipinski definition) is 1. The number of nitrogens with zero attached hydrogens (tertiary/aromatic N) is 3. The predicted octanol–water partition coefficient (Wildman–Crippen LogP) is 4.72. The van der Waals surface area contributed by atoms with Gasteiger partial charge in [0.15, 0.2) is 0 Å². The molecular formula is C20H15BrN4O. The van der Waals surface area contributed by atoms with Crippen LogP contribution in [0.3, 0.4) is 0 Å². The van der Waals surface area contributed by atoms with Gasteiger partial charge in [-0.05, 0) is 52.7 Å². The maximum absolute atomic E-state index is 12.3. The fourth-order valence-electron chi connectivity index (χ4n) is 2.76. The molecule has 4 aromatic rings. The molecule has 26 heavy (non-hydrogen) atoms. The lowest BCUT2D eigenvalue weighted by atomic mass is 10.1. The Labute approximate surface area is 158 Å². The molecule has 1 N–H and O–H groups in total. The van der Waals surface area contributed by atoms with Gasteiger partial charge in [0.2, 0.25) is 0 Å². The molecule has 0 aliphatic heterocycles. The number of aromatic nitrogens is 3. The topological polar surface area (TPSA) is 59.3 Å². The van der Waals surface area contributed by atoms with Crippen LogP contribution in [0, 0.1) is 6.92 Å². The monoisotopic (exact) mass is 406 g/mol. The second-order valence-corrected chi connectivity index (χ2v) is 6.89. The lowest BCUT2D eigenvalue weighted by Gasteiger charge is -2.06. The largest absolute Gasteiger partial charge is 0.322 e. The van der Waals surface area contributed by atoms with Gasteiger partial charge in [-0.25, -0.2) is 4.98 Å². The van der Waals surface area contributed by atoms with E-state index in [4.69, 9.17) is 4.98 Å². The molecule has 128 valence electrons. The Kier molecular flexibility index (Phi) is 4.26. The molecule has 0 radical (unpaired) electrons. The summed E-state index contributed by atoms with van der Waals surface area (Å²) in [6.45, 7) is 2.04. The molecule has 3 aromatic heterocycles. The maximum atomic E-state index is 12.3. The second-order valence-electron chi connectivity index (χ2n) is 5.97. The SMILES string of the molecule is Cc1cccn2cc(-c3ccc(NC(=O)c4cncc(Br)c4)cc3)nc12. The lowest BCUT2D eigenvalue weighted by molar-refractivity contribution is 0.102. The van der Waals surface area contributed by atoms with Crippen LogP contribution in [0.4, 0.5) is 5.69 Å². The van der Waals surface area contributed by atoms with Crippen molar-refractivity contribution in [3.8, 4) is 11.3 Å². The number of pyridine rings is 2. The maximum Gasteiger partial charge on any atom is 0.257 e. The molecular weight excluding hydrogens is 392 g/mol. The number of fused-ring (bicyclic) bond motifs is 1. The Morgan fingerprint density at radius 1 is 1.15 bits per heavy atom. The molecule has 0 bridgehead atoms. The zero-order chi connectivity index (χ0) is 18.1. The summed E-state index contributed by atoms with van der Waals surface area (Å²) in [5.41, 5.74) is 5.19. The molecule has 0 aliphatic carbocycles. The smallest absolute Gasteiger partial charge is 0.257 e. The minimum atomic E-state index is -0.199. The molecule has 5 nitrogen and oxygen atoms in total. The van der Waals surface area contributed by atoms with Crippen LogP contribution < -0.4 is 5.32 Å². The first-order chi connectivity index (χ1) is 12.6. The van der Waals surface area contributed by atoms with Gasteiger partial charge in [-0.15, -0.1) is 0 Å². The number of benzene rings is 1. The van der Waals surface area contributed by atoms with Crippen LogP contribution in [0.15, 0.2) is 71.7 Å². The normalized spacial score (nSPS) is 10.8. The van der Waals surface area contributed by atoms with Crippen molar-refractivity contribution < 1.29 is 4.79 Å². The minimum absolute atomic E-state index is 0.199. The van der Waals surface area contributed by atoms with Crippen LogP contribution >= 0.6 is 15.9 Å². The van der Waals surface area contributed by atoms with Crippen molar-refractivity contribution in [3.05, 3.63) is 82.9 Å². The highest BCUT2D eigenvalue weighted by atomic mass is 79.9. The van der Waals surface area contributed by atoms with Gasteiger partial charge in [0.05, 0.1) is 11.3 Å². The van der Waals surface area contributed by atoms with Crippen molar-refractivity contribution in [2.24, 2.45) is 0 Å². The highest BCUT2D eigenvalue weighted by Gasteiger charge is 2.09. The third-order valence-electron chi connectivity index (χ3n) is 4.08. The molecule has 0 saturated carbocycles. The van der Waals surface area contributed by atoms with Gasteiger partial charge in [0.1, 0.15) is 5.65 Å². The van der Waals surface area contributed by atoms with E-state index in [9.17, 15) is 4.79 Å². The summed E-state index contributed by atoms with van der Waals surface area (Å²) in [5, 5.41) is 2.87. The number of rotatable bonds is 3. The Bertz CT molecular complexity index is 1100. The predicted molar refractivity (Wildman–Crippen MR) is 105 cm³/mol. The standard InChI is InChI=1S/C20H15BrN4O/c1-13-3-2-8-25-12-18(24-19(13)25)14-4-6-17(7-5-14)23-20(26)15-9-16(21)11-22-10-15/h2-12H,1H3,(H,23,26). The van der Waals surface area contributed by atoms with Crippen molar-refractivity contribution in [2.45, 2.75) is 6.92 Å². The molecule has 0 atom stereocenters. The van der Waals surface area contributed by atoms with Crippen molar-refractivity contribution in [1.29, 1.82) is 0 Å². The molecule has 4 rings (SSSR count). The number of anilines is 1. The van der Waals surface area contributed by atoms with E-state index in [-0.39, 0.29) is 5.91 Å². The quantitative estimate of drug-likeness (QED) is 0.535. The van der Waals surface area contributed by atoms with Crippen LogP contribution in [0.2, 0.25) is 0 Å². The summed E-state index contributed by atoms with van der Waals surface area (Å²) in [6.07, 6.45) is 7.16. The fourth-order valence-corrected chi connectivity index (χ4v) is 3.12. The molecule has 3 heterocycles. The van der Waals surface area contributed by atoms with Gasteiger partial charge in [-0.1, -0.05) is 18.2 Å². The summed E-state index contributed by atoms with van der Waals surface area (Å²) >= 11 is 3.32. The van der Waals surface area contributed by atoms with Crippen LogP contribution in [0.1, 0.15) is 15.9 Å². The van der Waals surface area contributed by atoms with Gasteiger partial charge in [0, 0.05) is 40.5 Å². The molecule has 0 unspecified atom stereocenters. The number of imidazole rings is 1. The molecule has 0 fully saturated rings. The number of carbonyl (C=O) groups is 1. The fraction of sp³-hybridized carbons (Fsp3) is 0.0500. The van der Waals surface area contributed by atoms with E-state index >= 15 is 0 Å². The zero-order valence-electron chi connectivity index (χ0n) is 14.0. The summed E-state index contributed by atoms with van der Waals surface area (Å²) in [6, 6.07) is 13.4. The summed E-state index contributed by atoms with van der Waals surface area (Å²) in [4.78, 5) is 21.0. The van der Waals surface area contributed by atoms with E-state index < -0.39 is 0 Å². The third kappa shape index (κ3) is 3.23. The zero-order valence-corrected chi connectivity index (χ0v) is 15.6. The second kappa shape index (κ2) is 6.72. The van der Waals surface area contributed by atoms with Crippen molar-refractivity contribution in [1.82, 2.24) is 14.4 Å². The molecule has 0 saturated heterocycles. The summed E-state index contributed by atoms with van der Waals surface area (Å²) in [7, 11) is 0. The van der Waals surface area contributed by atoms with Gasteiger partial charge in [-0.2, -0.15) is 0 Å². The van der Waals surface area contributed by atoms with Crippen molar-refractivity contribution >= 4 is 33.2 Å². The molecule has 0 spiro atoms.